The molecule has 1 heteroatoms. The monoisotopic (exact) mass is 578 g/mol. The Morgan fingerprint density at radius 3 is 1.22 bits per heavy atom. The third-order valence-electron chi connectivity index (χ3n) is 8.53. The highest BCUT2D eigenvalue weighted by Crippen LogP contribution is 2.45. The molecule has 210 valence electrons. The second-order valence-electron chi connectivity index (χ2n) is 11.2. The first-order valence-corrected chi connectivity index (χ1v) is 15.0. The van der Waals surface area contributed by atoms with Gasteiger partial charge in [-0.05, 0) is 90.2 Å². The molecule has 0 spiro atoms. The number of hydrogen-bond acceptors (Lipinski definition) is 1. The SMILES string of the molecule is [2H]c1c(-c2ccccc2)c([2H])c2c(oc3c([2H])c([2H])c(-c4c5ccccc5c(-c5ccc(-c6ccccc6)cc5)c5ccccc45)c([2H])c32)c1[2H]. The molecule has 0 saturated carbocycles. The highest BCUT2D eigenvalue weighted by molar-refractivity contribution is 6.22. The molecule has 0 bridgehead atoms. The summed E-state index contributed by atoms with van der Waals surface area (Å²) in [5.74, 6) is 0. The molecule has 9 aromatic rings. The van der Waals surface area contributed by atoms with Gasteiger partial charge >= 0.3 is 0 Å². The van der Waals surface area contributed by atoms with Gasteiger partial charge in [-0.1, -0.05) is 146 Å². The van der Waals surface area contributed by atoms with Crippen LogP contribution in [0.2, 0.25) is 0 Å². The van der Waals surface area contributed by atoms with Gasteiger partial charge in [0, 0.05) is 10.8 Å². The fraction of sp³-hybridized carbons (Fsp3) is 0. The van der Waals surface area contributed by atoms with Crippen LogP contribution in [0.5, 0.6) is 0 Å². The van der Waals surface area contributed by atoms with Crippen molar-refractivity contribution in [1.29, 1.82) is 0 Å². The van der Waals surface area contributed by atoms with E-state index in [1.54, 1.807) is 12.1 Å². The lowest BCUT2D eigenvalue weighted by Gasteiger charge is -2.18. The quantitative estimate of drug-likeness (QED) is 0.189. The van der Waals surface area contributed by atoms with Gasteiger partial charge < -0.3 is 4.42 Å². The van der Waals surface area contributed by atoms with Crippen LogP contribution in [0.25, 0.3) is 88.0 Å². The average molecular weight is 579 g/mol. The molecule has 0 fully saturated rings. The number of rotatable bonds is 4. The van der Waals surface area contributed by atoms with Crippen LogP contribution in [-0.4, -0.2) is 0 Å². The van der Waals surface area contributed by atoms with E-state index >= 15 is 0 Å². The summed E-state index contributed by atoms with van der Waals surface area (Å²) in [5, 5.41) is 3.95. The minimum atomic E-state index is -0.229. The summed E-state index contributed by atoms with van der Waals surface area (Å²) in [6, 6.07) is 42.9. The summed E-state index contributed by atoms with van der Waals surface area (Å²) in [4.78, 5) is 0. The molecule has 1 aromatic heterocycles. The van der Waals surface area contributed by atoms with E-state index in [9.17, 15) is 4.11 Å². The van der Waals surface area contributed by atoms with Gasteiger partial charge in [-0.3, -0.25) is 0 Å². The lowest BCUT2D eigenvalue weighted by atomic mass is 9.85. The molecule has 0 aliphatic rings. The maximum absolute atomic E-state index is 9.73. The summed E-state index contributed by atoms with van der Waals surface area (Å²) in [7, 11) is 0. The van der Waals surface area contributed by atoms with Crippen molar-refractivity contribution in [3.8, 4) is 44.5 Å². The molecular weight excluding hydrogens is 544 g/mol. The van der Waals surface area contributed by atoms with Gasteiger partial charge in [0.05, 0.1) is 8.22 Å². The van der Waals surface area contributed by atoms with Crippen LogP contribution in [0, 0.1) is 0 Å². The summed E-state index contributed by atoms with van der Waals surface area (Å²) in [6.45, 7) is 0. The predicted molar refractivity (Wildman–Crippen MR) is 190 cm³/mol. The molecular formula is C44H28O. The third-order valence-corrected chi connectivity index (χ3v) is 8.53. The zero-order valence-corrected chi connectivity index (χ0v) is 24.1. The Kier molecular flexibility index (Phi) is 4.63. The second kappa shape index (κ2) is 10.4. The number of fused-ring (bicyclic) bond motifs is 5. The molecule has 1 nitrogen and oxygen atoms in total. The summed E-state index contributed by atoms with van der Waals surface area (Å²) in [5.41, 5.74) is 6.05. The largest absolute Gasteiger partial charge is 0.456 e. The van der Waals surface area contributed by atoms with Crippen molar-refractivity contribution in [1.82, 2.24) is 0 Å². The summed E-state index contributed by atoms with van der Waals surface area (Å²) in [6.07, 6.45) is 0. The first-order chi connectivity index (χ1) is 24.8. The minimum Gasteiger partial charge on any atom is -0.456 e. The van der Waals surface area contributed by atoms with Gasteiger partial charge in [0.15, 0.2) is 0 Å². The topological polar surface area (TPSA) is 13.1 Å². The smallest absolute Gasteiger partial charge is 0.135 e. The van der Waals surface area contributed by atoms with Crippen molar-refractivity contribution in [2.45, 2.75) is 0 Å². The van der Waals surface area contributed by atoms with E-state index in [4.69, 9.17) is 8.53 Å². The fourth-order valence-electron chi connectivity index (χ4n) is 6.44. The predicted octanol–water partition coefficient (Wildman–Crippen LogP) is 12.6. The maximum atomic E-state index is 9.73. The lowest BCUT2D eigenvalue weighted by Crippen LogP contribution is -1.91. The van der Waals surface area contributed by atoms with Crippen LogP contribution < -0.4 is 0 Å². The Morgan fingerprint density at radius 1 is 0.311 bits per heavy atom. The Balaban J connectivity index is 1.37. The maximum Gasteiger partial charge on any atom is 0.135 e. The molecule has 9 rings (SSSR count). The van der Waals surface area contributed by atoms with Crippen molar-refractivity contribution < 1.29 is 12.6 Å². The molecule has 0 amide bonds. The van der Waals surface area contributed by atoms with Gasteiger partial charge in [0.25, 0.3) is 0 Å². The van der Waals surface area contributed by atoms with Crippen molar-refractivity contribution in [3.05, 3.63) is 170 Å². The van der Waals surface area contributed by atoms with E-state index in [0.29, 0.717) is 11.1 Å². The van der Waals surface area contributed by atoms with Gasteiger partial charge in [0.1, 0.15) is 11.2 Å². The summed E-state index contributed by atoms with van der Waals surface area (Å²) < 4.78 is 61.2. The lowest BCUT2D eigenvalue weighted by molar-refractivity contribution is 0.669. The molecule has 0 radical (unpaired) electrons. The van der Waals surface area contributed by atoms with Crippen molar-refractivity contribution >= 4 is 43.5 Å². The van der Waals surface area contributed by atoms with E-state index in [-0.39, 0.29) is 69.3 Å². The van der Waals surface area contributed by atoms with Crippen LogP contribution in [0.15, 0.2) is 174 Å². The van der Waals surface area contributed by atoms with Crippen molar-refractivity contribution in [2.75, 3.05) is 0 Å². The van der Waals surface area contributed by atoms with E-state index in [1.165, 1.54) is 0 Å². The zero-order valence-electron chi connectivity index (χ0n) is 30.1. The minimum absolute atomic E-state index is 0.0257. The Labute approximate surface area is 270 Å². The molecule has 0 N–H and O–H groups in total. The zero-order chi connectivity index (χ0) is 35.0. The molecule has 0 unspecified atom stereocenters. The van der Waals surface area contributed by atoms with E-state index in [2.05, 4.69) is 48.5 Å². The first-order valence-electron chi connectivity index (χ1n) is 18.0. The summed E-state index contributed by atoms with van der Waals surface area (Å²) >= 11 is 0. The van der Waals surface area contributed by atoms with E-state index < -0.39 is 0 Å². The molecule has 0 atom stereocenters. The third kappa shape index (κ3) is 4.24. The average Bonchev–Trinajstić information content (AvgIpc) is 3.59. The molecule has 8 aromatic carbocycles. The van der Waals surface area contributed by atoms with E-state index in [1.807, 2.05) is 72.8 Å². The molecule has 0 aliphatic carbocycles. The molecule has 1 heterocycles. The molecule has 45 heavy (non-hydrogen) atoms. The molecule has 0 aliphatic heterocycles. The van der Waals surface area contributed by atoms with Crippen LogP contribution in [-0.2, 0) is 0 Å². The fourth-order valence-corrected chi connectivity index (χ4v) is 6.44. The number of furan rings is 1. The van der Waals surface area contributed by atoms with Crippen LogP contribution in [0.4, 0.5) is 0 Å². The molecule has 0 saturated heterocycles. The van der Waals surface area contributed by atoms with Gasteiger partial charge in [-0.25, -0.2) is 0 Å². The van der Waals surface area contributed by atoms with Gasteiger partial charge in [-0.15, -0.1) is 0 Å². The first kappa shape index (κ1) is 20.1. The Morgan fingerprint density at radius 2 is 0.689 bits per heavy atom. The highest BCUT2D eigenvalue weighted by atomic mass is 16.3. The van der Waals surface area contributed by atoms with Crippen LogP contribution in [0.3, 0.4) is 0 Å². The Hall–Kier alpha value is -5.92. The second-order valence-corrected chi connectivity index (χ2v) is 11.2. The van der Waals surface area contributed by atoms with Gasteiger partial charge in [0.2, 0.25) is 0 Å². The van der Waals surface area contributed by atoms with Gasteiger partial charge in [-0.2, -0.15) is 0 Å². The van der Waals surface area contributed by atoms with Crippen molar-refractivity contribution in [3.63, 3.8) is 0 Å². The van der Waals surface area contributed by atoms with Crippen LogP contribution >= 0.6 is 0 Å². The Bertz CT molecular complexity index is 2790. The number of hydrogen-bond donors (Lipinski definition) is 0. The number of benzene rings is 8. The standard InChI is InChI=1S/C44H28O/c1-3-11-29(12-4-1)31-19-21-32(22-20-31)43-35-15-7-9-17-37(35)44(38-18-10-8-16-36(38)43)34-24-26-42-40(28-34)39-27-33(23-25-41(39)45-42)30-13-5-2-6-14-30/h1-28H/i23D,24D,25D,26D,27D,28D. The highest BCUT2D eigenvalue weighted by Gasteiger charge is 2.18. The van der Waals surface area contributed by atoms with E-state index in [0.717, 1.165) is 43.8 Å². The van der Waals surface area contributed by atoms with Crippen molar-refractivity contribution in [2.24, 2.45) is 0 Å². The normalized spacial score (nSPS) is 13.4. The van der Waals surface area contributed by atoms with Crippen LogP contribution in [0.1, 0.15) is 8.22 Å².